The van der Waals surface area contributed by atoms with Gasteiger partial charge in [-0.2, -0.15) is 0 Å². The molecule has 0 saturated heterocycles. The molecule has 0 aromatic carbocycles. The van der Waals surface area contributed by atoms with Gasteiger partial charge in [0.2, 0.25) is 0 Å². The lowest BCUT2D eigenvalue weighted by molar-refractivity contribution is -0.139. The standard InChI is InChI=1S/C11H18O5.CH4/c1-13-8-5-7(11(12)16-4)6-9(14-2)10(8)15-3;/h5,8-10H,6H2,1-4H3;1H4. The van der Waals surface area contributed by atoms with E-state index in [4.69, 9.17) is 14.2 Å². The van der Waals surface area contributed by atoms with Crippen molar-refractivity contribution in [3.8, 4) is 0 Å². The van der Waals surface area contributed by atoms with E-state index in [0.29, 0.717) is 12.0 Å². The van der Waals surface area contributed by atoms with Crippen molar-refractivity contribution >= 4 is 5.97 Å². The summed E-state index contributed by atoms with van der Waals surface area (Å²) in [4.78, 5) is 11.4. The minimum atomic E-state index is -0.348. The van der Waals surface area contributed by atoms with Gasteiger partial charge in [-0.05, 0) is 6.08 Å². The van der Waals surface area contributed by atoms with Crippen LogP contribution in [0.25, 0.3) is 0 Å². The van der Waals surface area contributed by atoms with Crippen LogP contribution in [0.3, 0.4) is 0 Å². The molecule has 5 heteroatoms. The maximum absolute atomic E-state index is 11.4. The Morgan fingerprint density at radius 2 is 1.82 bits per heavy atom. The fraction of sp³-hybridized carbons (Fsp3) is 0.750. The normalized spacial score (nSPS) is 28.0. The molecule has 0 heterocycles. The van der Waals surface area contributed by atoms with E-state index < -0.39 is 0 Å². The van der Waals surface area contributed by atoms with E-state index in [0.717, 1.165) is 0 Å². The number of ether oxygens (including phenoxy) is 4. The molecule has 0 aliphatic heterocycles. The first-order chi connectivity index (χ1) is 7.67. The smallest absolute Gasteiger partial charge is 0.333 e. The maximum atomic E-state index is 11.4. The minimum absolute atomic E-state index is 0. The molecule has 1 aliphatic rings. The molecule has 0 amide bonds. The highest BCUT2D eigenvalue weighted by atomic mass is 16.6. The van der Waals surface area contributed by atoms with Crippen molar-refractivity contribution in [2.24, 2.45) is 0 Å². The van der Waals surface area contributed by atoms with E-state index >= 15 is 0 Å². The third-order valence-corrected chi connectivity index (χ3v) is 2.77. The Balaban J connectivity index is 0.00000256. The van der Waals surface area contributed by atoms with Gasteiger partial charge in [0.25, 0.3) is 0 Å². The van der Waals surface area contributed by atoms with Crippen LogP contribution in [0.15, 0.2) is 11.6 Å². The van der Waals surface area contributed by atoms with E-state index in [1.165, 1.54) is 7.11 Å². The molecule has 3 atom stereocenters. The summed E-state index contributed by atoms with van der Waals surface area (Å²) < 4.78 is 20.6. The third-order valence-electron chi connectivity index (χ3n) is 2.77. The van der Waals surface area contributed by atoms with Crippen molar-refractivity contribution in [1.82, 2.24) is 0 Å². The number of methoxy groups -OCH3 is 4. The molecule has 3 unspecified atom stereocenters. The highest BCUT2D eigenvalue weighted by Crippen LogP contribution is 2.25. The van der Waals surface area contributed by atoms with Gasteiger partial charge in [-0.1, -0.05) is 7.43 Å². The summed E-state index contributed by atoms with van der Waals surface area (Å²) in [6.07, 6.45) is 1.51. The number of rotatable bonds is 4. The molecule has 0 radical (unpaired) electrons. The van der Waals surface area contributed by atoms with Crippen LogP contribution < -0.4 is 0 Å². The van der Waals surface area contributed by atoms with E-state index in [-0.39, 0.29) is 31.7 Å². The van der Waals surface area contributed by atoms with Crippen LogP contribution in [0, 0.1) is 0 Å². The average Bonchev–Trinajstić information content (AvgIpc) is 2.35. The molecule has 0 fully saturated rings. The Morgan fingerprint density at radius 1 is 1.18 bits per heavy atom. The minimum Gasteiger partial charge on any atom is -0.466 e. The first-order valence-corrected chi connectivity index (χ1v) is 5.05. The van der Waals surface area contributed by atoms with Gasteiger partial charge in [-0.15, -0.1) is 0 Å². The molecule has 0 aromatic rings. The van der Waals surface area contributed by atoms with Gasteiger partial charge in [0.1, 0.15) is 12.2 Å². The third kappa shape index (κ3) is 3.52. The van der Waals surface area contributed by atoms with Crippen LogP contribution in [0.2, 0.25) is 0 Å². The van der Waals surface area contributed by atoms with Crippen LogP contribution in [-0.2, 0) is 23.7 Å². The number of carbonyl (C=O) groups is 1. The summed E-state index contributed by atoms with van der Waals surface area (Å²) in [7, 11) is 6.11. The summed E-state index contributed by atoms with van der Waals surface area (Å²) in [5.74, 6) is -0.348. The lowest BCUT2D eigenvalue weighted by atomic mass is 9.92. The maximum Gasteiger partial charge on any atom is 0.333 e. The molecule has 0 N–H and O–H groups in total. The van der Waals surface area contributed by atoms with Crippen molar-refractivity contribution in [1.29, 1.82) is 0 Å². The Hall–Kier alpha value is -0.910. The Labute approximate surface area is 103 Å². The average molecular weight is 246 g/mol. The summed E-state index contributed by atoms with van der Waals surface area (Å²) in [6, 6.07) is 0. The molecule has 1 aliphatic carbocycles. The summed E-state index contributed by atoms with van der Waals surface area (Å²) in [5.41, 5.74) is 0.564. The van der Waals surface area contributed by atoms with E-state index in [9.17, 15) is 4.79 Å². The zero-order valence-corrected chi connectivity index (χ0v) is 10.1. The van der Waals surface area contributed by atoms with Gasteiger partial charge >= 0.3 is 5.97 Å². The highest BCUT2D eigenvalue weighted by molar-refractivity contribution is 5.88. The molecule has 0 saturated carbocycles. The fourth-order valence-electron chi connectivity index (χ4n) is 1.89. The molecule has 0 aromatic heterocycles. The quantitative estimate of drug-likeness (QED) is 0.697. The second-order valence-electron chi connectivity index (χ2n) is 3.56. The van der Waals surface area contributed by atoms with Gasteiger partial charge in [0.05, 0.1) is 13.2 Å². The zero-order chi connectivity index (χ0) is 12.1. The Bertz CT molecular complexity index is 274. The van der Waals surface area contributed by atoms with E-state index in [1.54, 1.807) is 27.4 Å². The first-order valence-electron chi connectivity index (χ1n) is 5.05. The van der Waals surface area contributed by atoms with Crippen LogP contribution in [-0.4, -0.2) is 52.7 Å². The Morgan fingerprint density at radius 3 is 2.24 bits per heavy atom. The van der Waals surface area contributed by atoms with Crippen molar-refractivity contribution in [2.45, 2.75) is 32.2 Å². The Kier molecular flexibility index (Phi) is 7.03. The van der Waals surface area contributed by atoms with Gasteiger partial charge in [-0.3, -0.25) is 0 Å². The highest BCUT2D eigenvalue weighted by Gasteiger charge is 2.35. The summed E-state index contributed by atoms with van der Waals surface area (Å²) >= 11 is 0. The van der Waals surface area contributed by atoms with Gasteiger partial charge in [-0.25, -0.2) is 4.79 Å². The predicted octanol–water partition coefficient (Wildman–Crippen LogP) is 1.17. The molecule has 1 rings (SSSR count). The van der Waals surface area contributed by atoms with Crippen LogP contribution >= 0.6 is 0 Å². The zero-order valence-electron chi connectivity index (χ0n) is 10.1. The second kappa shape index (κ2) is 7.42. The monoisotopic (exact) mass is 246 g/mol. The topological polar surface area (TPSA) is 54.0 Å². The first kappa shape index (κ1) is 16.1. The molecule has 0 spiro atoms. The largest absolute Gasteiger partial charge is 0.466 e. The fourth-order valence-corrected chi connectivity index (χ4v) is 1.89. The molecule has 0 bridgehead atoms. The molecular weight excluding hydrogens is 224 g/mol. The SMILES string of the molecule is C.COC(=O)C1=CC(OC)C(OC)C(OC)C1. The van der Waals surface area contributed by atoms with Crippen molar-refractivity contribution < 1.29 is 23.7 Å². The summed E-state index contributed by atoms with van der Waals surface area (Å²) in [5, 5.41) is 0. The molecule has 100 valence electrons. The van der Waals surface area contributed by atoms with Crippen molar-refractivity contribution in [3.05, 3.63) is 11.6 Å². The van der Waals surface area contributed by atoms with Crippen LogP contribution in [0.1, 0.15) is 13.8 Å². The number of esters is 1. The number of hydrogen-bond acceptors (Lipinski definition) is 5. The van der Waals surface area contributed by atoms with Crippen molar-refractivity contribution in [2.75, 3.05) is 28.4 Å². The van der Waals surface area contributed by atoms with Crippen molar-refractivity contribution in [3.63, 3.8) is 0 Å². The predicted molar refractivity (Wildman–Crippen MR) is 63.8 cm³/mol. The van der Waals surface area contributed by atoms with Gasteiger partial charge in [0, 0.05) is 33.3 Å². The second-order valence-corrected chi connectivity index (χ2v) is 3.56. The van der Waals surface area contributed by atoms with Crippen LogP contribution in [0.5, 0.6) is 0 Å². The lowest BCUT2D eigenvalue weighted by Gasteiger charge is -2.33. The van der Waals surface area contributed by atoms with Gasteiger partial charge in [0.15, 0.2) is 0 Å². The number of carbonyl (C=O) groups excluding carboxylic acids is 1. The van der Waals surface area contributed by atoms with E-state index in [2.05, 4.69) is 4.74 Å². The molecule has 17 heavy (non-hydrogen) atoms. The molecular formula is C12H22O5. The van der Waals surface area contributed by atoms with Gasteiger partial charge < -0.3 is 18.9 Å². The number of hydrogen-bond donors (Lipinski definition) is 0. The van der Waals surface area contributed by atoms with E-state index in [1.807, 2.05) is 0 Å². The van der Waals surface area contributed by atoms with Crippen LogP contribution in [0.4, 0.5) is 0 Å². The lowest BCUT2D eigenvalue weighted by Crippen LogP contribution is -2.44. The molecule has 5 nitrogen and oxygen atoms in total. The summed E-state index contributed by atoms with van der Waals surface area (Å²) in [6.45, 7) is 0.